The van der Waals surface area contributed by atoms with Crippen molar-refractivity contribution in [2.24, 2.45) is 0 Å². The number of benzene rings is 1. The van der Waals surface area contributed by atoms with Crippen molar-refractivity contribution >= 4 is 29.5 Å². The molecule has 0 unspecified atom stereocenters. The monoisotopic (exact) mass is 475 g/mol. The van der Waals surface area contributed by atoms with Gasteiger partial charge in [0, 0.05) is 31.3 Å². The summed E-state index contributed by atoms with van der Waals surface area (Å²) in [5.41, 5.74) is 3.23. The summed E-state index contributed by atoms with van der Waals surface area (Å²) < 4.78 is 0. The molecule has 2 aliphatic heterocycles. The maximum Gasteiger partial charge on any atom is 0.255 e. The number of hydrogen-bond donors (Lipinski definition) is 4. The lowest BCUT2D eigenvalue weighted by molar-refractivity contribution is -0.139. The molecule has 2 heterocycles. The summed E-state index contributed by atoms with van der Waals surface area (Å²) in [6, 6.07) is 1.04. The van der Waals surface area contributed by atoms with E-state index in [-0.39, 0.29) is 34.4 Å². The minimum Gasteiger partial charge on any atom is -0.507 e. The van der Waals surface area contributed by atoms with Gasteiger partial charge in [0.05, 0.1) is 16.3 Å². The predicted molar refractivity (Wildman–Crippen MR) is 127 cm³/mol. The second-order valence-electron chi connectivity index (χ2n) is 7.95. The molecule has 1 aromatic carbocycles. The van der Waals surface area contributed by atoms with Gasteiger partial charge in [-0.15, -0.1) is 0 Å². The van der Waals surface area contributed by atoms with Crippen LogP contribution in [0.25, 0.3) is 6.08 Å². The number of carbonyl (C=O) groups is 2. The Morgan fingerprint density at radius 1 is 1.09 bits per heavy atom. The van der Waals surface area contributed by atoms with Gasteiger partial charge >= 0.3 is 0 Å². The van der Waals surface area contributed by atoms with Gasteiger partial charge in [-0.1, -0.05) is 29.8 Å². The van der Waals surface area contributed by atoms with Gasteiger partial charge < -0.3 is 20.4 Å². The van der Waals surface area contributed by atoms with Crippen LogP contribution in [-0.2, 0) is 9.63 Å². The van der Waals surface area contributed by atoms with E-state index in [9.17, 15) is 19.8 Å². The minimum absolute atomic E-state index is 0.0593. The number of hydrogen-bond acceptors (Lipinski definition) is 6. The Labute approximate surface area is 198 Å². The standard InChI is InChI=1S/C24H30ClN3O5/c25-23-18-14-17(27-33-16-21(31)28-12-8-5-9-13-28)10-6-3-1-2-4-7-11-26-24(32)22(18)19(29)15-20(23)30/h2,4,6,10,14-15,27,29-30H,1,3,5,7-9,11-13,16H2,(H,26,32)/b4-2?,10-6+,17-14-. The van der Waals surface area contributed by atoms with E-state index >= 15 is 0 Å². The summed E-state index contributed by atoms with van der Waals surface area (Å²) >= 11 is 6.30. The largest absolute Gasteiger partial charge is 0.507 e. The molecule has 1 aromatic rings. The molecular weight excluding hydrogens is 446 g/mol. The van der Waals surface area contributed by atoms with Crippen molar-refractivity contribution < 1.29 is 24.6 Å². The highest BCUT2D eigenvalue weighted by atomic mass is 35.5. The third-order valence-corrected chi connectivity index (χ3v) is 5.84. The van der Waals surface area contributed by atoms with Crippen molar-refractivity contribution in [3.05, 3.63) is 52.2 Å². The quantitative estimate of drug-likeness (QED) is 0.390. The van der Waals surface area contributed by atoms with Crippen LogP contribution in [0.1, 0.15) is 54.4 Å². The van der Waals surface area contributed by atoms with Crippen LogP contribution in [0.2, 0.25) is 5.02 Å². The Balaban J connectivity index is 1.86. The summed E-state index contributed by atoms with van der Waals surface area (Å²) in [4.78, 5) is 32.4. The number of likely N-dealkylation sites (tertiary alicyclic amines) is 1. The normalized spacial score (nSPS) is 20.1. The highest BCUT2D eigenvalue weighted by molar-refractivity contribution is 6.34. The van der Waals surface area contributed by atoms with Crippen LogP contribution < -0.4 is 10.8 Å². The molecule has 9 heteroatoms. The molecule has 1 fully saturated rings. The number of piperidine rings is 1. The first-order chi connectivity index (χ1) is 16.0. The van der Waals surface area contributed by atoms with E-state index in [1.54, 1.807) is 11.0 Å². The van der Waals surface area contributed by atoms with Gasteiger partial charge in [-0.25, -0.2) is 0 Å². The van der Waals surface area contributed by atoms with Crippen molar-refractivity contribution in [3.8, 4) is 11.5 Å². The Bertz CT molecular complexity index is 952. The van der Waals surface area contributed by atoms with E-state index < -0.39 is 11.7 Å². The van der Waals surface area contributed by atoms with Crippen molar-refractivity contribution in [1.82, 2.24) is 15.7 Å². The zero-order chi connectivity index (χ0) is 23.6. The number of halogens is 1. The fraction of sp³-hybridized carbons (Fsp3) is 0.417. The Hall–Kier alpha value is -2.97. The van der Waals surface area contributed by atoms with Crippen LogP contribution in [0.4, 0.5) is 0 Å². The number of nitrogens with zero attached hydrogens (tertiary/aromatic N) is 1. The number of allylic oxidation sites excluding steroid dienone is 3. The third-order valence-electron chi connectivity index (χ3n) is 5.44. The van der Waals surface area contributed by atoms with E-state index in [1.807, 2.05) is 18.2 Å². The maximum absolute atomic E-state index is 12.8. The van der Waals surface area contributed by atoms with Gasteiger partial charge in [0.25, 0.3) is 11.8 Å². The number of aromatic hydroxyl groups is 2. The van der Waals surface area contributed by atoms with Crippen LogP contribution in [-0.4, -0.2) is 53.2 Å². The van der Waals surface area contributed by atoms with Crippen molar-refractivity contribution in [2.75, 3.05) is 26.2 Å². The van der Waals surface area contributed by atoms with E-state index in [4.69, 9.17) is 16.4 Å². The summed E-state index contributed by atoms with van der Waals surface area (Å²) in [6.07, 6.45) is 14.5. The fourth-order valence-corrected chi connectivity index (χ4v) is 3.91. The Kier molecular flexibility index (Phi) is 9.21. The second kappa shape index (κ2) is 12.3. The number of phenolic OH excluding ortho intramolecular Hbond substituents is 2. The van der Waals surface area contributed by atoms with Gasteiger partial charge in [0.1, 0.15) is 11.5 Å². The predicted octanol–water partition coefficient (Wildman–Crippen LogP) is 3.65. The molecule has 4 N–H and O–H groups in total. The number of phenols is 2. The summed E-state index contributed by atoms with van der Waals surface area (Å²) in [7, 11) is 0. The van der Waals surface area contributed by atoms with Crippen LogP contribution in [0.5, 0.6) is 11.5 Å². The van der Waals surface area contributed by atoms with E-state index in [0.29, 0.717) is 18.7 Å². The van der Waals surface area contributed by atoms with Crippen LogP contribution in [0.3, 0.4) is 0 Å². The van der Waals surface area contributed by atoms with Gasteiger partial charge in [-0.05, 0) is 50.7 Å². The molecular formula is C24H30ClN3O5. The average molecular weight is 476 g/mol. The first kappa shape index (κ1) is 24.7. The van der Waals surface area contributed by atoms with Crippen molar-refractivity contribution in [1.29, 1.82) is 0 Å². The topological polar surface area (TPSA) is 111 Å². The van der Waals surface area contributed by atoms with Crippen molar-refractivity contribution in [2.45, 2.75) is 38.5 Å². The smallest absolute Gasteiger partial charge is 0.255 e. The number of nitrogens with one attached hydrogen (secondary N) is 2. The molecule has 0 saturated carbocycles. The molecule has 0 bridgehead atoms. The molecule has 2 amide bonds. The lowest BCUT2D eigenvalue weighted by Gasteiger charge is -2.26. The first-order valence-electron chi connectivity index (χ1n) is 11.2. The Morgan fingerprint density at radius 3 is 2.61 bits per heavy atom. The molecule has 178 valence electrons. The molecule has 0 aromatic heterocycles. The highest BCUT2D eigenvalue weighted by Gasteiger charge is 2.22. The molecule has 33 heavy (non-hydrogen) atoms. The maximum atomic E-state index is 12.8. The fourth-order valence-electron chi connectivity index (χ4n) is 3.70. The molecule has 8 nitrogen and oxygen atoms in total. The molecule has 0 radical (unpaired) electrons. The number of amides is 2. The van der Waals surface area contributed by atoms with Gasteiger partial charge in [-0.3, -0.25) is 19.9 Å². The van der Waals surface area contributed by atoms with Crippen LogP contribution in [0.15, 0.2) is 36.1 Å². The number of rotatable bonds is 4. The molecule has 2 aliphatic rings. The van der Waals surface area contributed by atoms with Crippen molar-refractivity contribution in [3.63, 3.8) is 0 Å². The van der Waals surface area contributed by atoms with Gasteiger partial charge in [-0.2, -0.15) is 0 Å². The highest BCUT2D eigenvalue weighted by Crippen LogP contribution is 2.37. The minimum atomic E-state index is -0.518. The average Bonchev–Trinajstić information content (AvgIpc) is 2.80. The zero-order valence-electron chi connectivity index (χ0n) is 18.5. The SMILES string of the molecule is O=C1NCCC=CCC/C=C/C(NOCC(=O)N2CCCCC2)=C/c2c(Cl)c(O)cc(O)c21. The van der Waals surface area contributed by atoms with E-state index in [1.165, 1.54) is 6.08 Å². The molecule has 1 saturated heterocycles. The summed E-state index contributed by atoms with van der Waals surface area (Å²) in [6.45, 7) is 1.70. The van der Waals surface area contributed by atoms with Crippen LogP contribution in [0, 0.1) is 0 Å². The molecule has 0 atom stereocenters. The molecule has 3 rings (SSSR count). The zero-order valence-corrected chi connectivity index (χ0v) is 19.2. The van der Waals surface area contributed by atoms with E-state index in [2.05, 4.69) is 10.8 Å². The third kappa shape index (κ3) is 7.00. The second-order valence-corrected chi connectivity index (χ2v) is 8.32. The Morgan fingerprint density at radius 2 is 1.82 bits per heavy atom. The lowest BCUT2D eigenvalue weighted by atomic mass is 10.0. The van der Waals surface area contributed by atoms with Gasteiger partial charge in [0.15, 0.2) is 6.61 Å². The lowest BCUT2D eigenvalue weighted by Crippen LogP contribution is -2.39. The van der Waals surface area contributed by atoms with E-state index in [0.717, 1.165) is 51.3 Å². The molecule has 0 aliphatic carbocycles. The summed E-state index contributed by atoms with van der Waals surface area (Å²) in [5, 5.41) is 23.2. The number of carbonyl (C=O) groups excluding carboxylic acids is 2. The number of fused-ring (bicyclic) bond motifs is 1. The summed E-state index contributed by atoms with van der Waals surface area (Å²) in [5.74, 6) is -1.38. The van der Waals surface area contributed by atoms with Gasteiger partial charge in [0.2, 0.25) is 0 Å². The van der Waals surface area contributed by atoms with Crippen LogP contribution >= 0.6 is 11.6 Å². The number of hydroxylamine groups is 1. The molecule has 0 spiro atoms. The first-order valence-corrected chi connectivity index (χ1v) is 11.6.